The second-order valence-corrected chi connectivity index (χ2v) is 6.27. The smallest absolute Gasteiger partial charge is 0.336 e. The van der Waals surface area contributed by atoms with Gasteiger partial charge in [-0.1, -0.05) is 0 Å². The monoisotopic (exact) mass is 406 g/mol. The number of imidazole rings is 1. The molecule has 28 heavy (non-hydrogen) atoms. The maximum Gasteiger partial charge on any atom is 0.336 e. The lowest BCUT2D eigenvalue weighted by Gasteiger charge is -2.25. The van der Waals surface area contributed by atoms with Crippen LogP contribution in [0.1, 0.15) is 19.5 Å². The molecule has 12 heteroatoms. The fourth-order valence-corrected chi connectivity index (χ4v) is 2.07. The van der Waals surface area contributed by atoms with Crippen LogP contribution >= 0.6 is 0 Å². The Bertz CT molecular complexity index is 873. The van der Waals surface area contributed by atoms with Crippen molar-refractivity contribution < 1.29 is 36.3 Å². The van der Waals surface area contributed by atoms with Crippen molar-refractivity contribution >= 4 is 11.9 Å². The zero-order chi connectivity index (χ0) is 21.2. The molecule has 0 spiro atoms. The van der Waals surface area contributed by atoms with Crippen molar-refractivity contribution in [2.75, 3.05) is 0 Å². The van der Waals surface area contributed by atoms with Crippen molar-refractivity contribution in [3.05, 3.63) is 47.3 Å². The number of halogens is 5. The molecule has 4 N–H and O–H groups in total. The van der Waals surface area contributed by atoms with E-state index in [0.29, 0.717) is 5.69 Å². The van der Waals surface area contributed by atoms with E-state index in [4.69, 9.17) is 5.73 Å². The Balaban J connectivity index is 2.14. The van der Waals surface area contributed by atoms with Gasteiger partial charge in [0, 0.05) is 12.6 Å². The number of nitrogens with two attached hydrogens (primary N) is 1. The van der Waals surface area contributed by atoms with Crippen LogP contribution < -0.4 is 15.8 Å². The molecule has 1 heterocycles. The molecule has 0 radical (unpaired) electrons. The van der Waals surface area contributed by atoms with E-state index in [0.717, 1.165) is 13.8 Å². The third-order valence-electron chi connectivity index (χ3n) is 3.63. The van der Waals surface area contributed by atoms with Gasteiger partial charge in [-0.15, -0.1) is 0 Å². The highest BCUT2D eigenvalue weighted by Gasteiger charge is 2.36. The summed E-state index contributed by atoms with van der Waals surface area (Å²) in [5.74, 6) is -15.7. The number of rotatable bonds is 6. The number of aromatic nitrogens is 2. The first kappa shape index (κ1) is 21.3. The Hall–Kier alpha value is -3.02. The van der Waals surface area contributed by atoms with Crippen molar-refractivity contribution in [1.29, 1.82) is 0 Å². The van der Waals surface area contributed by atoms with Gasteiger partial charge in [0.15, 0.2) is 0 Å². The van der Waals surface area contributed by atoms with Gasteiger partial charge in [0.1, 0.15) is 5.54 Å². The van der Waals surface area contributed by atoms with Crippen LogP contribution in [0.3, 0.4) is 0 Å². The van der Waals surface area contributed by atoms with Gasteiger partial charge >= 0.3 is 5.97 Å². The summed E-state index contributed by atoms with van der Waals surface area (Å²) in [4.78, 5) is 30.8. The minimum atomic E-state index is -2.40. The third kappa shape index (κ3) is 4.27. The second kappa shape index (κ2) is 7.92. The lowest BCUT2D eigenvalue weighted by atomic mass is 10.0. The molecule has 0 fully saturated rings. The molecule has 0 unspecified atom stereocenters. The lowest BCUT2D eigenvalue weighted by molar-refractivity contribution is -0.144. The normalized spacial score (nSPS) is 12.6. The molecule has 152 valence electrons. The standard InChI is InChI=1S/C16H15F5N4O3/c1-16(2,25-14(26)7(22)3-6-4-23-5-24-6)15(27)28-13-11(20)9(18)8(17)10(19)12(13)21/h4-5,7H,3,22H2,1-2H3,(H,23,24)(H,25,26)/t7-/m0/s1. The number of ether oxygens (including phenoxy) is 1. The minimum absolute atomic E-state index is 0.0120. The summed E-state index contributed by atoms with van der Waals surface area (Å²) >= 11 is 0. The second-order valence-electron chi connectivity index (χ2n) is 6.27. The molecule has 0 saturated heterocycles. The highest BCUT2D eigenvalue weighted by Crippen LogP contribution is 2.30. The van der Waals surface area contributed by atoms with E-state index in [9.17, 15) is 31.5 Å². The zero-order valence-electron chi connectivity index (χ0n) is 14.6. The van der Waals surface area contributed by atoms with Crippen molar-refractivity contribution in [2.24, 2.45) is 5.73 Å². The Morgan fingerprint density at radius 3 is 2.18 bits per heavy atom. The van der Waals surface area contributed by atoms with E-state index < -0.39 is 58.3 Å². The molecule has 0 aliphatic heterocycles. The fraction of sp³-hybridized carbons (Fsp3) is 0.312. The largest absolute Gasteiger partial charge is 0.418 e. The maximum atomic E-state index is 13.6. The molecule has 0 bridgehead atoms. The molecular formula is C16H15F5N4O3. The molecule has 1 amide bonds. The SMILES string of the molecule is CC(C)(NC(=O)[C@@H](N)Cc1c[nH]cn1)C(=O)Oc1c(F)c(F)c(F)c(F)c1F. The molecule has 1 atom stereocenters. The lowest BCUT2D eigenvalue weighted by Crippen LogP contribution is -2.56. The molecule has 1 aromatic heterocycles. The van der Waals surface area contributed by atoms with Gasteiger partial charge < -0.3 is 20.8 Å². The van der Waals surface area contributed by atoms with E-state index in [1.807, 2.05) is 0 Å². The number of esters is 1. The van der Waals surface area contributed by atoms with Crippen LogP contribution in [0.5, 0.6) is 5.75 Å². The van der Waals surface area contributed by atoms with Gasteiger partial charge in [-0.05, 0) is 13.8 Å². The first-order chi connectivity index (χ1) is 13.0. The number of aromatic amines is 1. The highest BCUT2D eigenvalue weighted by molar-refractivity contribution is 5.90. The van der Waals surface area contributed by atoms with Crippen LogP contribution in [0.25, 0.3) is 0 Å². The first-order valence-corrected chi connectivity index (χ1v) is 7.74. The van der Waals surface area contributed by atoms with Crippen LogP contribution in [0.4, 0.5) is 22.0 Å². The van der Waals surface area contributed by atoms with Gasteiger partial charge in [-0.2, -0.15) is 8.78 Å². The van der Waals surface area contributed by atoms with E-state index in [1.165, 1.54) is 12.5 Å². The van der Waals surface area contributed by atoms with Crippen molar-refractivity contribution in [3.8, 4) is 5.75 Å². The number of nitrogens with zero attached hydrogens (tertiary/aromatic N) is 1. The van der Waals surface area contributed by atoms with Gasteiger partial charge in [0.25, 0.3) is 0 Å². The number of carbonyl (C=O) groups is 2. The molecule has 0 saturated carbocycles. The summed E-state index contributed by atoms with van der Waals surface area (Å²) in [6.07, 6.45) is 2.87. The van der Waals surface area contributed by atoms with E-state index in [1.54, 1.807) is 0 Å². The average molecular weight is 406 g/mol. The fourth-order valence-electron chi connectivity index (χ4n) is 2.07. The molecule has 2 rings (SSSR count). The summed E-state index contributed by atoms with van der Waals surface area (Å²) in [5, 5.41) is 2.19. The predicted molar refractivity (Wildman–Crippen MR) is 84.4 cm³/mol. The summed E-state index contributed by atoms with van der Waals surface area (Å²) in [6.45, 7) is 2.20. The summed E-state index contributed by atoms with van der Waals surface area (Å²) in [7, 11) is 0. The van der Waals surface area contributed by atoms with Gasteiger partial charge in [-0.3, -0.25) is 4.79 Å². The Labute approximate surface area is 155 Å². The van der Waals surface area contributed by atoms with E-state index in [-0.39, 0.29) is 6.42 Å². The number of carbonyl (C=O) groups excluding carboxylic acids is 2. The molecule has 1 aromatic carbocycles. The van der Waals surface area contributed by atoms with Crippen LogP contribution in [-0.2, 0) is 16.0 Å². The van der Waals surface area contributed by atoms with Crippen molar-refractivity contribution in [2.45, 2.75) is 31.8 Å². The topological polar surface area (TPSA) is 110 Å². The van der Waals surface area contributed by atoms with Gasteiger partial charge in [0.2, 0.25) is 40.7 Å². The van der Waals surface area contributed by atoms with Crippen LogP contribution in [0.15, 0.2) is 12.5 Å². The Morgan fingerprint density at radius 2 is 1.68 bits per heavy atom. The van der Waals surface area contributed by atoms with Crippen LogP contribution in [0, 0.1) is 29.1 Å². The van der Waals surface area contributed by atoms with Crippen LogP contribution in [-0.4, -0.2) is 33.4 Å². The Morgan fingerprint density at radius 1 is 1.14 bits per heavy atom. The number of nitrogens with one attached hydrogen (secondary N) is 2. The Kier molecular flexibility index (Phi) is 6.02. The molecular weight excluding hydrogens is 391 g/mol. The van der Waals surface area contributed by atoms with Crippen molar-refractivity contribution in [1.82, 2.24) is 15.3 Å². The molecule has 0 aliphatic carbocycles. The predicted octanol–water partition coefficient (Wildman–Crippen LogP) is 1.48. The minimum Gasteiger partial charge on any atom is -0.418 e. The molecule has 7 nitrogen and oxygen atoms in total. The van der Waals surface area contributed by atoms with Crippen molar-refractivity contribution in [3.63, 3.8) is 0 Å². The number of benzene rings is 1. The number of H-pyrrole nitrogens is 1. The summed E-state index contributed by atoms with van der Waals surface area (Å²) in [5.41, 5.74) is 4.25. The maximum absolute atomic E-state index is 13.6. The number of amides is 1. The van der Waals surface area contributed by atoms with E-state index >= 15 is 0 Å². The van der Waals surface area contributed by atoms with E-state index in [2.05, 4.69) is 20.0 Å². The van der Waals surface area contributed by atoms with Crippen LogP contribution in [0.2, 0.25) is 0 Å². The quantitative estimate of drug-likeness (QED) is 0.221. The zero-order valence-corrected chi connectivity index (χ0v) is 14.6. The summed E-state index contributed by atoms with van der Waals surface area (Å²) in [6, 6.07) is -1.13. The molecule has 0 aliphatic rings. The molecule has 2 aromatic rings. The van der Waals surface area contributed by atoms with Gasteiger partial charge in [-0.25, -0.2) is 22.9 Å². The average Bonchev–Trinajstić information content (AvgIpc) is 3.14. The summed E-state index contributed by atoms with van der Waals surface area (Å²) < 4.78 is 71.0. The first-order valence-electron chi connectivity index (χ1n) is 7.74. The highest BCUT2D eigenvalue weighted by atomic mass is 19.2. The third-order valence-corrected chi connectivity index (χ3v) is 3.63. The number of hydrogen-bond donors (Lipinski definition) is 3. The van der Waals surface area contributed by atoms with Gasteiger partial charge in [0.05, 0.1) is 18.1 Å². The number of hydrogen-bond acceptors (Lipinski definition) is 5.